The number of rotatable bonds is 15. The zero-order chi connectivity index (χ0) is 25.9. The number of unbranched alkanes of at least 4 members (excludes halogenated alkanes) is 1. The van der Waals surface area contributed by atoms with Crippen LogP contribution < -0.4 is 19.5 Å². The molecule has 194 valence electrons. The second kappa shape index (κ2) is 13.4. The van der Waals surface area contributed by atoms with Crippen LogP contribution in [0.2, 0.25) is 0 Å². The number of hydrogen-bond acceptors (Lipinski definition) is 4. The summed E-state index contributed by atoms with van der Waals surface area (Å²) in [5, 5.41) is 3.03. The number of aryl methyl sites for hydroxylation is 1. The van der Waals surface area contributed by atoms with Gasteiger partial charge in [-0.25, -0.2) is 0 Å². The molecule has 1 amide bonds. The molecule has 0 spiro atoms. The van der Waals surface area contributed by atoms with Crippen LogP contribution in [0.15, 0.2) is 48.5 Å². The fraction of sp³-hybridized carbons (Fsp3) is 0.567. The number of amides is 1. The van der Waals surface area contributed by atoms with Crippen LogP contribution in [0.4, 0.5) is 0 Å². The fourth-order valence-electron chi connectivity index (χ4n) is 3.41. The molecule has 0 saturated heterocycles. The minimum atomic E-state index is -0.478. The van der Waals surface area contributed by atoms with Crippen LogP contribution in [-0.4, -0.2) is 29.8 Å². The van der Waals surface area contributed by atoms with Crippen molar-refractivity contribution in [3.63, 3.8) is 0 Å². The summed E-state index contributed by atoms with van der Waals surface area (Å²) in [7, 11) is 0. The van der Waals surface area contributed by atoms with E-state index in [1.54, 1.807) is 0 Å². The summed E-state index contributed by atoms with van der Waals surface area (Å²) >= 11 is 0. The van der Waals surface area contributed by atoms with Gasteiger partial charge in [-0.15, -0.1) is 0 Å². The Labute approximate surface area is 212 Å². The summed E-state index contributed by atoms with van der Waals surface area (Å²) in [5.74, 6) is 2.36. The molecule has 2 rings (SSSR count). The predicted molar refractivity (Wildman–Crippen MR) is 144 cm³/mol. The van der Waals surface area contributed by atoms with Gasteiger partial charge in [-0.1, -0.05) is 45.0 Å². The van der Waals surface area contributed by atoms with Crippen LogP contribution in [0.1, 0.15) is 86.1 Å². The van der Waals surface area contributed by atoms with Gasteiger partial charge in [-0.3, -0.25) is 4.79 Å². The van der Waals surface area contributed by atoms with Crippen molar-refractivity contribution in [3.8, 4) is 17.2 Å². The average molecular weight is 484 g/mol. The molecule has 35 heavy (non-hydrogen) atoms. The second-order valence-corrected chi connectivity index (χ2v) is 10.3. The minimum absolute atomic E-state index is 0.0647. The Morgan fingerprint density at radius 2 is 1.51 bits per heavy atom. The third-order valence-corrected chi connectivity index (χ3v) is 6.38. The summed E-state index contributed by atoms with van der Waals surface area (Å²) in [6.07, 6.45) is 4.68. The van der Waals surface area contributed by atoms with E-state index in [1.807, 2.05) is 49.4 Å². The lowest BCUT2D eigenvalue weighted by Crippen LogP contribution is -2.38. The summed E-state index contributed by atoms with van der Waals surface area (Å²) < 4.78 is 18.4. The lowest BCUT2D eigenvalue weighted by Gasteiger charge is -2.29. The number of nitrogens with one attached hydrogen (secondary N) is 1. The van der Waals surface area contributed by atoms with Gasteiger partial charge < -0.3 is 19.5 Å². The Morgan fingerprint density at radius 1 is 0.857 bits per heavy atom. The van der Waals surface area contributed by atoms with Crippen LogP contribution in [0.3, 0.4) is 0 Å². The number of para-hydroxylation sites is 1. The molecule has 5 heteroatoms. The van der Waals surface area contributed by atoms with Crippen molar-refractivity contribution in [3.05, 3.63) is 54.1 Å². The molecule has 0 aliphatic heterocycles. The van der Waals surface area contributed by atoms with Crippen LogP contribution in [0, 0.1) is 0 Å². The van der Waals surface area contributed by atoms with Crippen molar-refractivity contribution in [1.29, 1.82) is 0 Å². The van der Waals surface area contributed by atoms with Gasteiger partial charge in [0.25, 0.3) is 5.91 Å². The van der Waals surface area contributed by atoms with E-state index in [9.17, 15) is 4.79 Å². The van der Waals surface area contributed by atoms with E-state index in [0.717, 1.165) is 43.6 Å². The topological polar surface area (TPSA) is 56.8 Å². The van der Waals surface area contributed by atoms with Crippen LogP contribution in [-0.2, 0) is 11.2 Å². The van der Waals surface area contributed by atoms with E-state index in [0.29, 0.717) is 18.7 Å². The number of benzene rings is 2. The van der Waals surface area contributed by atoms with Gasteiger partial charge in [-0.2, -0.15) is 0 Å². The molecule has 0 radical (unpaired) electrons. The highest BCUT2D eigenvalue weighted by atomic mass is 16.5. The number of ether oxygens (including phenoxy) is 3. The molecule has 5 nitrogen and oxygen atoms in total. The standard InChI is InChI=1S/C30H45NO4/c1-8-26(33-24-17-12-11-13-18-24)28(32)31-21-15-14-16-23-19-20-25(34-29(4,5)9-2)22-27(23)35-30(6,7)10-3/h11-13,17-20,22,26H,8-10,14-16,21H2,1-7H3,(H,31,32). The second-order valence-electron chi connectivity index (χ2n) is 10.3. The largest absolute Gasteiger partial charge is 0.488 e. The Kier molecular flexibility index (Phi) is 10.9. The van der Waals surface area contributed by atoms with Gasteiger partial charge in [0.15, 0.2) is 6.10 Å². The van der Waals surface area contributed by atoms with Gasteiger partial charge in [0, 0.05) is 12.6 Å². The molecule has 0 heterocycles. The molecule has 1 N–H and O–H groups in total. The molecule has 0 aromatic heterocycles. The molecule has 2 aromatic carbocycles. The predicted octanol–water partition coefficient (Wildman–Crippen LogP) is 7.12. The Hall–Kier alpha value is -2.69. The maximum absolute atomic E-state index is 12.6. The highest BCUT2D eigenvalue weighted by Crippen LogP contribution is 2.32. The van der Waals surface area contributed by atoms with Crippen molar-refractivity contribution in [2.75, 3.05) is 6.54 Å². The van der Waals surface area contributed by atoms with Gasteiger partial charge >= 0.3 is 0 Å². The SMILES string of the molecule is CCC(Oc1ccccc1)C(=O)NCCCCc1ccc(OC(C)(C)CC)cc1OC(C)(C)CC. The smallest absolute Gasteiger partial charge is 0.261 e. The molecule has 0 aliphatic carbocycles. The molecule has 0 aliphatic rings. The highest BCUT2D eigenvalue weighted by Gasteiger charge is 2.22. The fourth-order valence-corrected chi connectivity index (χ4v) is 3.41. The number of carbonyl (C=O) groups is 1. The number of hydrogen-bond donors (Lipinski definition) is 1. The summed E-state index contributed by atoms with van der Waals surface area (Å²) in [4.78, 5) is 12.6. The normalized spacial score (nSPS) is 12.7. The Balaban J connectivity index is 1.92. The number of carbonyl (C=O) groups excluding carboxylic acids is 1. The van der Waals surface area contributed by atoms with Crippen molar-refractivity contribution in [2.45, 2.75) is 104 Å². The van der Waals surface area contributed by atoms with E-state index in [4.69, 9.17) is 14.2 Å². The lowest BCUT2D eigenvalue weighted by atomic mass is 10.0. The highest BCUT2D eigenvalue weighted by molar-refractivity contribution is 5.81. The summed E-state index contributed by atoms with van der Waals surface area (Å²) in [6.45, 7) is 15.3. The maximum atomic E-state index is 12.6. The van der Waals surface area contributed by atoms with Crippen LogP contribution in [0.5, 0.6) is 17.2 Å². The third-order valence-electron chi connectivity index (χ3n) is 6.38. The van der Waals surface area contributed by atoms with Gasteiger partial charge in [0.05, 0.1) is 0 Å². The zero-order valence-corrected chi connectivity index (χ0v) is 22.8. The van der Waals surface area contributed by atoms with E-state index in [1.165, 1.54) is 5.56 Å². The van der Waals surface area contributed by atoms with Crippen LogP contribution in [0.25, 0.3) is 0 Å². The lowest BCUT2D eigenvalue weighted by molar-refractivity contribution is -0.128. The molecule has 2 aromatic rings. The minimum Gasteiger partial charge on any atom is -0.488 e. The molecular formula is C30H45NO4. The zero-order valence-electron chi connectivity index (χ0n) is 22.8. The van der Waals surface area contributed by atoms with Crippen molar-refractivity contribution in [1.82, 2.24) is 5.32 Å². The van der Waals surface area contributed by atoms with E-state index < -0.39 is 6.10 Å². The average Bonchev–Trinajstić information content (AvgIpc) is 2.83. The Bertz CT molecular complexity index is 908. The summed E-state index contributed by atoms with van der Waals surface area (Å²) in [5.41, 5.74) is 0.686. The van der Waals surface area contributed by atoms with Crippen LogP contribution >= 0.6 is 0 Å². The Morgan fingerprint density at radius 3 is 2.14 bits per heavy atom. The third kappa shape index (κ3) is 9.83. The first-order chi connectivity index (χ1) is 16.6. The first-order valence-corrected chi connectivity index (χ1v) is 13.1. The van der Waals surface area contributed by atoms with Crippen molar-refractivity contribution in [2.24, 2.45) is 0 Å². The molecule has 1 unspecified atom stereocenters. The van der Waals surface area contributed by atoms with E-state index in [-0.39, 0.29) is 17.1 Å². The first kappa shape index (κ1) is 28.5. The van der Waals surface area contributed by atoms with Gasteiger partial charge in [0.1, 0.15) is 28.5 Å². The monoisotopic (exact) mass is 483 g/mol. The first-order valence-electron chi connectivity index (χ1n) is 13.1. The molecular weight excluding hydrogens is 438 g/mol. The summed E-state index contributed by atoms with van der Waals surface area (Å²) in [6, 6.07) is 15.7. The van der Waals surface area contributed by atoms with Crippen molar-refractivity contribution >= 4 is 5.91 Å². The molecule has 0 fully saturated rings. The molecule has 1 atom stereocenters. The molecule has 0 saturated carbocycles. The van der Waals surface area contributed by atoms with Gasteiger partial charge in [-0.05, 0) is 90.0 Å². The van der Waals surface area contributed by atoms with E-state index >= 15 is 0 Å². The maximum Gasteiger partial charge on any atom is 0.261 e. The van der Waals surface area contributed by atoms with Gasteiger partial charge in [0.2, 0.25) is 0 Å². The van der Waals surface area contributed by atoms with Crippen molar-refractivity contribution < 1.29 is 19.0 Å². The van der Waals surface area contributed by atoms with E-state index in [2.05, 4.69) is 52.9 Å². The molecule has 0 bridgehead atoms. The quantitative estimate of drug-likeness (QED) is 0.274.